The lowest BCUT2D eigenvalue weighted by atomic mass is 9.77. The number of aromatic hydroxyl groups is 1. The van der Waals surface area contributed by atoms with Gasteiger partial charge in [0.05, 0.1) is 21.3 Å². The maximum absolute atomic E-state index is 13.5. The average Bonchev–Trinajstić information content (AvgIpc) is 3.30. The molecule has 9 nitrogen and oxygen atoms in total. The number of carbonyl (C=O) groups is 1. The first kappa shape index (κ1) is 20.9. The topological polar surface area (TPSA) is 108 Å². The summed E-state index contributed by atoms with van der Waals surface area (Å²) >= 11 is 0. The van der Waals surface area contributed by atoms with Crippen molar-refractivity contribution in [2.24, 2.45) is 0 Å². The molecular weight excluding hydrogens is 424 g/mol. The van der Waals surface area contributed by atoms with Crippen LogP contribution < -0.4 is 19.5 Å². The van der Waals surface area contributed by atoms with Gasteiger partial charge >= 0.3 is 0 Å². The molecule has 1 aliphatic carbocycles. The highest BCUT2D eigenvalue weighted by molar-refractivity contribution is 6.00. The standard InChI is InChI=1S/C24H24N4O5/c1-31-19-10-14(11-20(32-2)23(19)33-3)13-8-16-21(18(30)9-13)22(15-6-4-5-7-17(15)29)28-24(27-16)25-12-26-28/h4-7,10-13,22,29H,8-9H2,1-3H3,(H,25,26,27). The number of Topliss-reactive ketones (excluding diaryl/α,β-unsaturated/α-hetero) is 1. The Morgan fingerprint density at radius 1 is 1.06 bits per heavy atom. The van der Waals surface area contributed by atoms with Crippen LogP contribution in [0.15, 0.2) is 54.0 Å². The van der Waals surface area contributed by atoms with Crippen LogP contribution in [0.25, 0.3) is 0 Å². The minimum absolute atomic E-state index is 0.0168. The Labute approximate surface area is 190 Å². The molecule has 9 heteroatoms. The average molecular weight is 448 g/mol. The van der Waals surface area contributed by atoms with Crippen LogP contribution in [-0.4, -0.2) is 47.0 Å². The maximum Gasteiger partial charge on any atom is 0.226 e. The number of para-hydroxylation sites is 1. The Kier molecular flexibility index (Phi) is 5.16. The minimum Gasteiger partial charge on any atom is -0.508 e. The Hall–Kier alpha value is -4.01. The fourth-order valence-corrected chi connectivity index (χ4v) is 4.73. The van der Waals surface area contributed by atoms with Crippen LogP contribution >= 0.6 is 0 Å². The van der Waals surface area contributed by atoms with Crippen molar-refractivity contribution in [1.29, 1.82) is 0 Å². The number of hydrogen-bond acceptors (Lipinski definition) is 8. The van der Waals surface area contributed by atoms with Gasteiger partial charge in [0.2, 0.25) is 11.7 Å². The first-order valence-electron chi connectivity index (χ1n) is 10.6. The van der Waals surface area contributed by atoms with E-state index in [1.165, 1.54) is 6.33 Å². The molecule has 0 bridgehead atoms. The van der Waals surface area contributed by atoms with Crippen molar-refractivity contribution in [2.75, 3.05) is 26.6 Å². The van der Waals surface area contributed by atoms with Gasteiger partial charge in [0.25, 0.3) is 0 Å². The number of ketones is 1. The van der Waals surface area contributed by atoms with Gasteiger partial charge in [-0.15, -0.1) is 0 Å². The molecule has 2 aliphatic rings. The summed E-state index contributed by atoms with van der Waals surface area (Å²) in [4.78, 5) is 17.9. The highest BCUT2D eigenvalue weighted by Crippen LogP contribution is 2.47. The molecule has 170 valence electrons. The van der Waals surface area contributed by atoms with E-state index < -0.39 is 6.04 Å². The SMILES string of the molecule is COc1cc(C2CC(=O)C3=C(C2)Nc2ncnn2C3c2ccccc2O)cc(OC)c1OC. The second-order valence-electron chi connectivity index (χ2n) is 7.99. The third-order valence-electron chi connectivity index (χ3n) is 6.25. The number of aromatic nitrogens is 3. The third-order valence-corrected chi connectivity index (χ3v) is 6.25. The lowest BCUT2D eigenvalue weighted by molar-refractivity contribution is -0.116. The van der Waals surface area contributed by atoms with Crippen LogP contribution in [0.4, 0.5) is 5.95 Å². The van der Waals surface area contributed by atoms with E-state index in [1.54, 1.807) is 44.2 Å². The molecule has 0 radical (unpaired) electrons. The van der Waals surface area contributed by atoms with Crippen molar-refractivity contribution in [1.82, 2.24) is 14.8 Å². The van der Waals surface area contributed by atoms with Crippen molar-refractivity contribution < 1.29 is 24.1 Å². The Morgan fingerprint density at radius 3 is 2.45 bits per heavy atom. The number of nitrogens with one attached hydrogen (secondary N) is 1. The molecule has 2 atom stereocenters. The Morgan fingerprint density at radius 2 is 1.79 bits per heavy atom. The Bertz CT molecular complexity index is 1240. The summed E-state index contributed by atoms with van der Waals surface area (Å²) in [5.74, 6) is 2.12. The summed E-state index contributed by atoms with van der Waals surface area (Å²) in [7, 11) is 4.70. The largest absolute Gasteiger partial charge is 0.508 e. The first-order chi connectivity index (χ1) is 16.0. The first-order valence-corrected chi connectivity index (χ1v) is 10.6. The van der Waals surface area contributed by atoms with Crippen LogP contribution in [0.1, 0.15) is 35.9 Å². The second kappa shape index (κ2) is 8.16. The summed E-state index contributed by atoms with van der Waals surface area (Å²) < 4.78 is 18.1. The Balaban J connectivity index is 1.59. The molecule has 3 aromatic rings. The van der Waals surface area contributed by atoms with Crippen molar-refractivity contribution >= 4 is 11.7 Å². The molecule has 2 N–H and O–H groups in total. The number of hydrogen-bond donors (Lipinski definition) is 2. The lowest BCUT2D eigenvalue weighted by Crippen LogP contribution is -2.33. The van der Waals surface area contributed by atoms with Gasteiger partial charge in [-0.2, -0.15) is 10.1 Å². The number of anilines is 1. The summed E-state index contributed by atoms with van der Waals surface area (Å²) in [6.45, 7) is 0. The number of fused-ring (bicyclic) bond motifs is 1. The number of ether oxygens (including phenoxy) is 3. The zero-order valence-corrected chi connectivity index (χ0v) is 18.5. The zero-order valence-electron chi connectivity index (χ0n) is 18.5. The van der Waals surface area contributed by atoms with E-state index in [9.17, 15) is 9.90 Å². The number of methoxy groups -OCH3 is 3. The highest BCUT2D eigenvalue weighted by Gasteiger charge is 2.40. The van der Waals surface area contributed by atoms with Gasteiger partial charge in [-0.05, 0) is 36.1 Å². The van der Waals surface area contributed by atoms with Crippen molar-refractivity contribution in [2.45, 2.75) is 24.8 Å². The number of nitrogens with zero attached hydrogens (tertiary/aromatic N) is 3. The fourth-order valence-electron chi connectivity index (χ4n) is 4.73. The number of benzene rings is 2. The van der Waals surface area contributed by atoms with Crippen LogP contribution in [0.5, 0.6) is 23.0 Å². The third kappa shape index (κ3) is 3.36. The highest BCUT2D eigenvalue weighted by atomic mass is 16.5. The molecule has 0 amide bonds. The van der Waals surface area contributed by atoms with E-state index in [0.717, 1.165) is 11.3 Å². The van der Waals surface area contributed by atoms with Crippen molar-refractivity contribution in [3.63, 3.8) is 0 Å². The van der Waals surface area contributed by atoms with Gasteiger partial charge in [-0.1, -0.05) is 18.2 Å². The maximum atomic E-state index is 13.5. The predicted molar refractivity (Wildman–Crippen MR) is 120 cm³/mol. The van der Waals surface area contributed by atoms with Gasteiger partial charge in [0.1, 0.15) is 18.1 Å². The monoisotopic (exact) mass is 448 g/mol. The lowest BCUT2D eigenvalue weighted by Gasteiger charge is -2.35. The van der Waals surface area contributed by atoms with Crippen LogP contribution in [0, 0.1) is 0 Å². The normalized spacial score (nSPS) is 19.4. The molecule has 0 saturated heterocycles. The van der Waals surface area contributed by atoms with E-state index in [1.807, 2.05) is 18.2 Å². The molecule has 5 rings (SSSR count). The number of carbonyl (C=O) groups excluding carboxylic acids is 1. The van der Waals surface area contributed by atoms with Crippen molar-refractivity contribution in [3.05, 3.63) is 65.1 Å². The molecule has 1 aliphatic heterocycles. The van der Waals surface area contributed by atoms with E-state index in [2.05, 4.69) is 15.4 Å². The van der Waals surface area contributed by atoms with E-state index in [0.29, 0.717) is 47.2 Å². The molecule has 2 aromatic carbocycles. The molecular formula is C24H24N4O5. The predicted octanol–water partition coefficient (Wildman–Crippen LogP) is 3.43. The fraction of sp³-hybridized carbons (Fsp3) is 0.292. The number of rotatable bonds is 5. The van der Waals surface area contributed by atoms with E-state index in [-0.39, 0.29) is 17.5 Å². The molecule has 0 saturated carbocycles. The van der Waals surface area contributed by atoms with Crippen LogP contribution in [0.2, 0.25) is 0 Å². The number of phenols is 1. The van der Waals surface area contributed by atoms with Gasteiger partial charge in [-0.25, -0.2) is 4.68 Å². The number of allylic oxidation sites excluding steroid dienone is 2. The molecule has 2 heterocycles. The smallest absolute Gasteiger partial charge is 0.226 e. The summed E-state index contributed by atoms with van der Waals surface area (Å²) in [5, 5.41) is 18.2. The molecule has 2 unspecified atom stereocenters. The molecule has 0 fully saturated rings. The summed E-state index contributed by atoms with van der Waals surface area (Å²) in [6.07, 6.45) is 2.32. The number of phenolic OH excluding ortho intramolecular Hbond substituents is 1. The van der Waals surface area contributed by atoms with Gasteiger partial charge in [-0.3, -0.25) is 4.79 Å². The van der Waals surface area contributed by atoms with Crippen LogP contribution in [-0.2, 0) is 4.79 Å². The minimum atomic E-state index is -0.548. The molecule has 0 spiro atoms. The van der Waals surface area contributed by atoms with E-state index >= 15 is 0 Å². The van der Waals surface area contributed by atoms with Gasteiger partial charge in [0.15, 0.2) is 17.3 Å². The summed E-state index contributed by atoms with van der Waals surface area (Å²) in [5.41, 5.74) is 2.90. The molecule has 33 heavy (non-hydrogen) atoms. The second-order valence-corrected chi connectivity index (χ2v) is 7.99. The van der Waals surface area contributed by atoms with Crippen LogP contribution in [0.3, 0.4) is 0 Å². The quantitative estimate of drug-likeness (QED) is 0.611. The summed E-state index contributed by atoms with van der Waals surface area (Å²) in [6, 6.07) is 10.2. The van der Waals surface area contributed by atoms with E-state index in [4.69, 9.17) is 14.2 Å². The zero-order chi connectivity index (χ0) is 23.1. The van der Waals surface area contributed by atoms with Gasteiger partial charge in [0, 0.05) is 23.3 Å². The van der Waals surface area contributed by atoms with Gasteiger partial charge < -0.3 is 24.6 Å². The van der Waals surface area contributed by atoms with Crippen molar-refractivity contribution in [3.8, 4) is 23.0 Å². The molecule has 1 aromatic heterocycles.